The van der Waals surface area contributed by atoms with Crippen LogP contribution in [-0.2, 0) is 4.79 Å². The molecule has 7 nitrogen and oxygen atoms in total. The molecule has 0 spiro atoms. The number of aliphatic hydroxyl groups excluding tert-OH is 1. The zero-order chi connectivity index (χ0) is 21.9. The number of benzene rings is 1. The van der Waals surface area contributed by atoms with E-state index >= 15 is 0 Å². The third-order valence-corrected chi connectivity index (χ3v) is 8.36. The molecule has 1 saturated heterocycles. The standard InChI is InChI=1S/C25H33NO6/c27-18-14-26(5-4-19(18)32-21-3-1-2-20-23(21)31-7-6-30-20)22(28)13-24-9-16-8-17(10-24)12-25(29,11-16)15-24/h1-3,16-19,27,29H,4-15H2/t16?,17?,18-,19-,24?,25?/m1/s1. The molecule has 2 N–H and O–H groups in total. The highest BCUT2D eigenvalue weighted by Crippen LogP contribution is 2.63. The van der Waals surface area contributed by atoms with Crippen molar-refractivity contribution in [2.75, 3.05) is 26.3 Å². The van der Waals surface area contributed by atoms with E-state index in [-0.39, 0.29) is 17.9 Å². The quantitative estimate of drug-likeness (QED) is 0.744. The molecule has 4 bridgehead atoms. The van der Waals surface area contributed by atoms with Gasteiger partial charge in [-0.1, -0.05) is 6.07 Å². The summed E-state index contributed by atoms with van der Waals surface area (Å²) in [6, 6.07) is 5.53. The predicted molar refractivity (Wildman–Crippen MR) is 116 cm³/mol. The number of hydrogen-bond donors (Lipinski definition) is 2. The Morgan fingerprint density at radius 3 is 2.69 bits per heavy atom. The van der Waals surface area contributed by atoms with Gasteiger partial charge < -0.3 is 29.3 Å². The van der Waals surface area contributed by atoms with Crippen molar-refractivity contribution in [2.45, 2.75) is 69.2 Å². The van der Waals surface area contributed by atoms with Crippen LogP contribution >= 0.6 is 0 Å². The molecule has 32 heavy (non-hydrogen) atoms. The highest BCUT2D eigenvalue weighted by atomic mass is 16.6. The lowest BCUT2D eigenvalue weighted by atomic mass is 9.47. The number of rotatable bonds is 4. The lowest BCUT2D eigenvalue weighted by Gasteiger charge is -2.60. The second-order valence-corrected chi connectivity index (χ2v) is 11.0. The highest BCUT2D eigenvalue weighted by molar-refractivity contribution is 5.77. The van der Waals surface area contributed by atoms with Crippen molar-refractivity contribution >= 4 is 5.91 Å². The first-order valence-corrected chi connectivity index (χ1v) is 12.1. The molecule has 1 amide bonds. The van der Waals surface area contributed by atoms with E-state index in [1.54, 1.807) is 4.90 Å². The maximum Gasteiger partial charge on any atom is 0.223 e. The molecule has 1 aromatic rings. The van der Waals surface area contributed by atoms with Crippen molar-refractivity contribution < 1.29 is 29.2 Å². The third kappa shape index (κ3) is 3.63. The van der Waals surface area contributed by atoms with Crippen LogP contribution in [0.5, 0.6) is 17.2 Å². The number of ether oxygens (including phenoxy) is 3. The van der Waals surface area contributed by atoms with Gasteiger partial charge in [0.1, 0.15) is 25.4 Å². The Kier molecular flexibility index (Phi) is 4.84. The van der Waals surface area contributed by atoms with Crippen LogP contribution < -0.4 is 14.2 Å². The fourth-order valence-corrected chi connectivity index (χ4v) is 7.62. The van der Waals surface area contributed by atoms with Crippen molar-refractivity contribution in [1.82, 2.24) is 4.90 Å². The summed E-state index contributed by atoms with van der Waals surface area (Å²) >= 11 is 0. The molecule has 1 aromatic carbocycles. The van der Waals surface area contributed by atoms with Gasteiger partial charge in [0.15, 0.2) is 11.5 Å². The molecule has 2 unspecified atom stereocenters. The second kappa shape index (κ2) is 7.52. The molecular formula is C25H33NO6. The summed E-state index contributed by atoms with van der Waals surface area (Å²) in [7, 11) is 0. The van der Waals surface area contributed by atoms with E-state index in [1.807, 2.05) is 18.2 Å². The summed E-state index contributed by atoms with van der Waals surface area (Å²) < 4.78 is 17.4. The number of carbonyl (C=O) groups is 1. The molecule has 2 aliphatic heterocycles. The number of amides is 1. The highest BCUT2D eigenvalue weighted by Gasteiger charge is 2.57. The molecule has 4 atom stereocenters. The number of aliphatic hydroxyl groups is 2. The van der Waals surface area contributed by atoms with E-state index < -0.39 is 17.8 Å². The molecule has 5 fully saturated rings. The van der Waals surface area contributed by atoms with Crippen molar-refractivity contribution in [3.05, 3.63) is 18.2 Å². The van der Waals surface area contributed by atoms with Crippen LogP contribution in [0.1, 0.15) is 51.4 Å². The average molecular weight is 444 g/mol. The first-order valence-electron chi connectivity index (χ1n) is 12.1. The van der Waals surface area contributed by atoms with Crippen molar-refractivity contribution in [2.24, 2.45) is 17.3 Å². The van der Waals surface area contributed by atoms with Gasteiger partial charge in [-0.2, -0.15) is 0 Å². The number of likely N-dealkylation sites (tertiary alicyclic amines) is 1. The van der Waals surface area contributed by atoms with E-state index in [0.717, 1.165) is 32.1 Å². The number of piperidine rings is 1. The second-order valence-electron chi connectivity index (χ2n) is 11.0. The Balaban J connectivity index is 1.09. The number of para-hydroxylation sites is 1. The topological polar surface area (TPSA) is 88.5 Å². The molecule has 7 rings (SSSR count). The molecule has 2 heterocycles. The van der Waals surface area contributed by atoms with Gasteiger partial charge in [-0.3, -0.25) is 4.79 Å². The third-order valence-electron chi connectivity index (χ3n) is 8.36. The smallest absolute Gasteiger partial charge is 0.223 e. The Morgan fingerprint density at radius 1 is 1.16 bits per heavy atom. The lowest BCUT2D eigenvalue weighted by Crippen LogP contribution is -2.57. The average Bonchev–Trinajstić information content (AvgIpc) is 2.73. The van der Waals surface area contributed by atoms with Crippen molar-refractivity contribution in [3.8, 4) is 17.2 Å². The van der Waals surface area contributed by atoms with Gasteiger partial charge >= 0.3 is 0 Å². The molecule has 0 radical (unpaired) electrons. The Morgan fingerprint density at radius 2 is 1.94 bits per heavy atom. The van der Waals surface area contributed by atoms with Gasteiger partial charge in [0.25, 0.3) is 0 Å². The van der Waals surface area contributed by atoms with Gasteiger partial charge in [0.05, 0.1) is 12.1 Å². The Bertz CT molecular complexity index is 888. The van der Waals surface area contributed by atoms with Crippen molar-refractivity contribution in [3.63, 3.8) is 0 Å². The largest absolute Gasteiger partial charge is 0.486 e. The van der Waals surface area contributed by atoms with Crippen LogP contribution in [0.2, 0.25) is 0 Å². The molecular weight excluding hydrogens is 410 g/mol. The predicted octanol–water partition coefficient (Wildman–Crippen LogP) is 2.52. The van der Waals surface area contributed by atoms with Gasteiger partial charge in [-0.05, 0) is 67.9 Å². The van der Waals surface area contributed by atoms with Crippen molar-refractivity contribution in [1.29, 1.82) is 0 Å². The number of nitrogens with zero attached hydrogens (tertiary/aromatic N) is 1. The van der Waals surface area contributed by atoms with Gasteiger partial charge in [0.2, 0.25) is 11.7 Å². The fourth-order valence-electron chi connectivity index (χ4n) is 7.62. The zero-order valence-electron chi connectivity index (χ0n) is 18.5. The monoisotopic (exact) mass is 443 g/mol. The molecule has 6 aliphatic rings. The maximum absolute atomic E-state index is 13.2. The normalized spacial score (nSPS) is 39.8. The molecule has 174 valence electrons. The number of carbonyl (C=O) groups excluding carboxylic acids is 1. The molecule has 4 saturated carbocycles. The van der Waals surface area contributed by atoms with E-state index in [2.05, 4.69) is 0 Å². The molecule has 0 aromatic heterocycles. The number of β-amino-alcohol motifs (C(OH)–C–C–N with tert-alkyl or cyclic N) is 1. The minimum Gasteiger partial charge on any atom is -0.486 e. The van der Waals surface area contributed by atoms with Gasteiger partial charge in [-0.25, -0.2) is 0 Å². The zero-order valence-corrected chi connectivity index (χ0v) is 18.5. The maximum atomic E-state index is 13.2. The number of hydrogen-bond acceptors (Lipinski definition) is 6. The van der Waals surface area contributed by atoms with Gasteiger partial charge in [-0.15, -0.1) is 0 Å². The minimum absolute atomic E-state index is 0.0470. The summed E-state index contributed by atoms with van der Waals surface area (Å²) in [5, 5.41) is 21.8. The summed E-state index contributed by atoms with van der Waals surface area (Å²) in [6.07, 6.45) is 5.88. The SMILES string of the molecule is O=C(CC12CC3CC(CC(O)(C3)C1)C2)N1CC[C@@H](Oc2cccc3c2OCCO3)[C@H](O)C1. The summed E-state index contributed by atoms with van der Waals surface area (Å²) in [6.45, 7) is 1.84. The van der Waals surface area contributed by atoms with E-state index in [0.29, 0.717) is 61.7 Å². The van der Waals surface area contributed by atoms with Crippen LogP contribution in [0.25, 0.3) is 0 Å². The summed E-state index contributed by atoms with van der Waals surface area (Å²) in [5.74, 6) is 3.08. The van der Waals surface area contributed by atoms with Crippen LogP contribution in [0.3, 0.4) is 0 Å². The first kappa shape index (κ1) is 20.6. The molecule has 4 aliphatic carbocycles. The minimum atomic E-state index is -0.756. The van der Waals surface area contributed by atoms with E-state index in [4.69, 9.17) is 14.2 Å². The van der Waals surface area contributed by atoms with E-state index in [1.165, 1.54) is 6.42 Å². The summed E-state index contributed by atoms with van der Waals surface area (Å²) in [4.78, 5) is 15.0. The Labute approximate surface area is 188 Å². The van der Waals surface area contributed by atoms with Gasteiger partial charge in [0, 0.05) is 19.4 Å². The van der Waals surface area contributed by atoms with Crippen LogP contribution in [-0.4, -0.2) is 65.1 Å². The van der Waals surface area contributed by atoms with Crippen LogP contribution in [0.15, 0.2) is 18.2 Å². The Hall–Kier alpha value is -1.99. The summed E-state index contributed by atoms with van der Waals surface area (Å²) in [5.41, 5.74) is -0.597. The van der Waals surface area contributed by atoms with Crippen LogP contribution in [0.4, 0.5) is 0 Å². The van der Waals surface area contributed by atoms with E-state index in [9.17, 15) is 15.0 Å². The van der Waals surface area contributed by atoms with Crippen LogP contribution in [0, 0.1) is 17.3 Å². The first-order chi connectivity index (χ1) is 15.4. The lowest BCUT2D eigenvalue weighted by molar-refractivity contribution is -0.173. The fraction of sp³-hybridized carbons (Fsp3) is 0.720. The molecule has 7 heteroatoms. The number of fused-ring (bicyclic) bond motifs is 1.